The van der Waals surface area contributed by atoms with Gasteiger partial charge < -0.3 is 15.5 Å². The van der Waals surface area contributed by atoms with Gasteiger partial charge in [-0.05, 0) is 54.2 Å². The largest absolute Gasteiger partial charge is 0.504 e. The molecule has 0 aromatic heterocycles. The summed E-state index contributed by atoms with van der Waals surface area (Å²) in [7, 11) is 0. The lowest BCUT2D eigenvalue weighted by Crippen LogP contribution is -2.28. The molecule has 0 radical (unpaired) electrons. The summed E-state index contributed by atoms with van der Waals surface area (Å²) in [4.78, 5) is 0. The highest BCUT2D eigenvalue weighted by atomic mass is 79.9. The van der Waals surface area contributed by atoms with Gasteiger partial charge in [-0.25, -0.2) is 4.39 Å². The van der Waals surface area contributed by atoms with Gasteiger partial charge in [0.05, 0.1) is 4.47 Å². The molecule has 17 heavy (non-hydrogen) atoms. The van der Waals surface area contributed by atoms with E-state index < -0.39 is 11.6 Å². The zero-order valence-corrected chi connectivity index (χ0v) is 10.9. The number of phenolic OH excluding ortho intramolecular Hbond substituents is 2. The van der Waals surface area contributed by atoms with Gasteiger partial charge in [-0.3, -0.25) is 0 Å². The lowest BCUT2D eigenvalue weighted by Gasteiger charge is -2.23. The van der Waals surface area contributed by atoms with E-state index in [0.29, 0.717) is 17.9 Å². The van der Waals surface area contributed by atoms with E-state index in [4.69, 9.17) is 0 Å². The Morgan fingerprint density at radius 2 is 2.00 bits per heavy atom. The quantitative estimate of drug-likeness (QED) is 0.736. The number of hydrogen-bond acceptors (Lipinski definition) is 3. The van der Waals surface area contributed by atoms with Crippen molar-refractivity contribution in [2.45, 2.75) is 19.3 Å². The van der Waals surface area contributed by atoms with Gasteiger partial charge in [0, 0.05) is 11.6 Å². The monoisotopic (exact) mass is 303 g/mol. The van der Waals surface area contributed by atoms with Crippen LogP contribution in [0.25, 0.3) is 0 Å². The van der Waals surface area contributed by atoms with Gasteiger partial charge in [-0.1, -0.05) is 0 Å². The molecule has 0 atom stereocenters. The number of nitrogens with one attached hydrogen (secondary N) is 1. The molecule has 1 aliphatic heterocycles. The number of piperidine rings is 1. The zero-order valence-electron chi connectivity index (χ0n) is 9.34. The number of hydrogen-bond donors (Lipinski definition) is 3. The van der Waals surface area contributed by atoms with Gasteiger partial charge >= 0.3 is 0 Å². The van der Waals surface area contributed by atoms with E-state index in [2.05, 4.69) is 21.2 Å². The number of rotatable bonds is 2. The van der Waals surface area contributed by atoms with E-state index in [0.717, 1.165) is 32.0 Å². The Balaban J connectivity index is 2.22. The summed E-state index contributed by atoms with van der Waals surface area (Å²) in [5.74, 6) is -0.754. The number of phenols is 2. The van der Waals surface area contributed by atoms with Gasteiger partial charge in [0.25, 0.3) is 0 Å². The molecule has 2 rings (SSSR count). The second-order valence-electron chi connectivity index (χ2n) is 4.42. The number of aromatic hydroxyl groups is 2. The van der Waals surface area contributed by atoms with E-state index in [1.54, 1.807) is 0 Å². The summed E-state index contributed by atoms with van der Waals surface area (Å²) in [6.45, 7) is 1.90. The van der Waals surface area contributed by atoms with E-state index in [1.165, 1.54) is 0 Å². The first-order valence-electron chi connectivity index (χ1n) is 5.69. The van der Waals surface area contributed by atoms with Gasteiger partial charge in [-0.2, -0.15) is 0 Å². The molecule has 0 saturated carbocycles. The third kappa shape index (κ3) is 2.72. The van der Waals surface area contributed by atoms with Crippen LogP contribution in [0, 0.1) is 11.7 Å². The molecule has 1 aliphatic rings. The first-order chi connectivity index (χ1) is 8.09. The zero-order chi connectivity index (χ0) is 12.4. The summed E-state index contributed by atoms with van der Waals surface area (Å²) in [6.07, 6.45) is 2.60. The summed E-state index contributed by atoms with van der Waals surface area (Å²) >= 11 is 3.14. The molecule has 3 N–H and O–H groups in total. The molecule has 0 spiro atoms. The van der Waals surface area contributed by atoms with E-state index in [9.17, 15) is 14.6 Å². The van der Waals surface area contributed by atoms with Crippen molar-refractivity contribution in [2.24, 2.45) is 5.92 Å². The minimum absolute atomic E-state index is 0.272. The van der Waals surface area contributed by atoms with Crippen molar-refractivity contribution in [1.82, 2.24) is 5.32 Å². The highest BCUT2D eigenvalue weighted by Gasteiger charge is 2.20. The third-order valence-corrected chi connectivity index (χ3v) is 4.07. The second-order valence-corrected chi connectivity index (χ2v) is 5.21. The van der Waals surface area contributed by atoms with Crippen molar-refractivity contribution in [3.05, 3.63) is 21.9 Å². The summed E-state index contributed by atoms with van der Waals surface area (Å²) in [5, 5.41) is 22.1. The Morgan fingerprint density at radius 3 is 2.65 bits per heavy atom. The van der Waals surface area contributed by atoms with Crippen molar-refractivity contribution < 1.29 is 14.6 Å². The molecule has 0 unspecified atom stereocenters. The predicted molar refractivity (Wildman–Crippen MR) is 66.7 cm³/mol. The maximum atomic E-state index is 13.7. The van der Waals surface area contributed by atoms with E-state index in [1.807, 2.05) is 0 Å². The Bertz CT molecular complexity index is 419. The normalized spacial score (nSPS) is 17.3. The number of benzene rings is 1. The number of halogens is 2. The maximum Gasteiger partial charge on any atom is 0.172 e. The van der Waals surface area contributed by atoms with Crippen molar-refractivity contribution in [3.8, 4) is 11.5 Å². The van der Waals surface area contributed by atoms with E-state index >= 15 is 0 Å². The van der Waals surface area contributed by atoms with Crippen LogP contribution in [0.15, 0.2) is 10.5 Å². The molecule has 1 fully saturated rings. The smallest absolute Gasteiger partial charge is 0.172 e. The average Bonchev–Trinajstić information content (AvgIpc) is 2.33. The first kappa shape index (κ1) is 12.6. The van der Waals surface area contributed by atoms with Crippen LogP contribution < -0.4 is 5.32 Å². The highest BCUT2D eigenvalue weighted by molar-refractivity contribution is 9.10. The molecule has 1 aromatic carbocycles. The Labute approximate surface area is 108 Å². The fraction of sp³-hybridized carbons (Fsp3) is 0.500. The minimum atomic E-state index is -0.467. The van der Waals surface area contributed by atoms with Crippen LogP contribution in [-0.4, -0.2) is 23.3 Å². The molecule has 5 heteroatoms. The van der Waals surface area contributed by atoms with Crippen LogP contribution in [-0.2, 0) is 6.42 Å². The Morgan fingerprint density at radius 1 is 1.35 bits per heavy atom. The standard InChI is InChI=1S/C12H15BrFNO2/c13-11-8(5-7-1-3-15-4-2-7)9(14)6-10(16)12(11)17/h6-7,15-17H,1-5H2. The molecule has 0 aliphatic carbocycles. The van der Waals surface area contributed by atoms with Crippen LogP contribution >= 0.6 is 15.9 Å². The minimum Gasteiger partial charge on any atom is -0.504 e. The molecule has 94 valence electrons. The van der Waals surface area contributed by atoms with E-state index in [-0.39, 0.29) is 10.2 Å². The second kappa shape index (κ2) is 5.23. The van der Waals surface area contributed by atoms with Crippen LogP contribution in [0.5, 0.6) is 11.5 Å². The van der Waals surface area contributed by atoms with Crippen LogP contribution in [0.2, 0.25) is 0 Å². The van der Waals surface area contributed by atoms with Crippen molar-refractivity contribution >= 4 is 15.9 Å². The van der Waals surface area contributed by atoms with Crippen LogP contribution in [0.3, 0.4) is 0 Å². The van der Waals surface area contributed by atoms with Crippen molar-refractivity contribution in [2.75, 3.05) is 13.1 Å². The predicted octanol–water partition coefficient (Wildman–Crippen LogP) is 2.54. The van der Waals surface area contributed by atoms with Gasteiger partial charge in [-0.15, -0.1) is 0 Å². The average molecular weight is 304 g/mol. The molecule has 0 bridgehead atoms. The molecule has 3 nitrogen and oxygen atoms in total. The van der Waals surface area contributed by atoms with Gasteiger partial charge in [0.15, 0.2) is 11.5 Å². The lowest BCUT2D eigenvalue weighted by molar-refractivity contribution is 0.363. The fourth-order valence-corrected chi connectivity index (χ4v) is 2.75. The van der Waals surface area contributed by atoms with Crippen LogP contribution in [0.1, 0.15) is 18.4 Å². The molecular weight excluding hydrogens is 289 g/mol. The van der Waals surface area contributed by atoms with Crippen molar-refractivity contribution in [1.29, 1.82) is 0 Å². The molecule has 1 heterocycles. The first-order valence-corrected chi connectivity index (χ1v) is 6.48. The maximum absolute atomic E-state index is 13.7. The highest BCUT2D eigenvalue weighted by Crippen LogP contribution is 2.39. The summed E-state index contributed by atoms with van der Waals surface area (Å²) in [6, 6.07) is 0.969. The Hall–Kier alpha value is -0.810. The molecule has 0 amide bonds. The molecule has 1 aromatic rings. The molecule has 1 saturated heterocycles. The van der Waals surface area contributed by atoms with Crippen LogP contribution in [0.4, 0.5) is 4.39 Å². The van der Waals surface area contributed by atoms with Crippen molar-refractivity contribution in [3.63, 3.8) is 0 Å². The lowest BCUT2D eigenvalue weighted by atomic mass is 9.90. The summed E-state index contributed by atoms with van der Waals surface area (Å²) in [5.41, 5.74) is 0.451. The SMILES string of the molecule is Oc1cc(F)c(CC2CCNCC2)c(Br)c1O. The fourth-order valence-electron chi connectivity index (χ4n) is 2.20. The third-order valence-electron chi connectivity index (χ3n) is 3.22. The van der Waals surface area contributed by atoms with Gasteiger partial charge in [0.1, 0.15) is 5.82 Å². The molecular formula is C12H15BrFNO2. The van der Waals surface area contributed by atoms with Gasteiger partial charge in [0.2, 0.25) is 0 Å². The summed E-state index contributed by atoms with van der Waals surface area (Å²) < 4.78 is 14.0. The Kier molecular flexibility index (Phi) is 3.89. The topological polar surface area (TPSA) is 52.5 Å².